The molecule has 3 heterocycles. The second kappa shape index (κ2) is 9.21. The maximum Gasteiger partial charge on any atom is 0.416 e. The Labute approximate surface area is 204 Å². The van der Waals surface area contributed by atoms with Crippen LogP contribution in [-0.4, -0.2) is 25.8 Å². The number of aromatic amines is 1. The van der Waals surface area contributed by atoms with Crippen LogP contribution in [0.4, 0.5) is 29.3 Å². The molecule has 0 atom stereocenters. The zero-order valence-corrected chi connectivity index (χ0v) is 19.1. The second-order valence-corrected chi connectivity index (χ2v) is 8.08. The van der Waals surface area contributed by atoms with E-state index in [2.05, 4.69) is 20.6 Å². The third-order valence-corrected chi connectivity index (χ3v) is 5.70. The molecule has 0 saturated heterocycles. The summed E-state index contributed by atoms with van der Waals surface area (Å²) >= 11 is 0. The molecule has 0 bridgehead atoms. The lowest BCUT2D eigenvalue weighted by molar-refractivity contribution is -0.137. The molecule has 10 heteroatoms. The molecule has 0 saturated carbocycles. The molecule has 0 unspecified atom stereocenters. The van der Waals surface area contributed by atoms with Crippen LogP contribution in [-0.2, 0) is 12.7 Å². The summed E-state index contributed by atoms with van der Waals surface area (Å²) in [6, 6.07) is 14.8. The van der Waals surface area contributed by atoms with Crippen LogP contribution in [0.3, 0.4) is 0 Å². The van der Waals surface area contributed by atoms with Crippen LogP contribution in [0.25, 0.3) is 33.4 Å². The Morgan fingerprint density at radius 3 is 2.53 bits per heavy atom. The molecule has 0 aliphatic carbocycles. The molecule has 2 aromatic carbocycles. The summed E-state index contributed by atoms with van der Waals surface area (Å²) in [5.41, 5.74) is 4.06. The van der Waals surface area contributed by atoms with E-state index >= 15 is 0 Å². The van der Waals surface area contributed by atoms with Crippen LogP contribution in [0.1, 0.15) is 12.5 Å². The van der Waals surface area contributed by atoms with Crippen molar-refractivity contribution in [2.24, 2.45) is 0 Å². The first-order valence-corrected chi connectivity index (χ1v) is 11.2. The third-order valence-electron chi connectivity index (χ3n) is 5.70. The van der Waals surface area contributed by atoms with Crippen LogP contribution < -0.4 is 10.6 Å². The predicted molar refractivity (Wildman–Crippen MR) is 133 cm³/mol. The van der Waals surface area contributed by atoms with Crippen LogP contribution in [0.2, 0.25) is 0 Å². The number of pyridine rings is 1. The molecule has 0 aliphatic heterocycles. The van der Waals surface area contributed by atoms with Crippen molar-refractivity contribution in [2.75, 3.05) is 10.6 Å². The molecule has 0 aliphatic rings. The highest BCUT2D eigenvalue weighted by molar-refractivity contribution is 6.00. The van der Waals surface area contributed by atoms with Gasteiger partial charge < -0.3 is 15.6 Å². The van der Waals surface area contributed by atoms with Crippen molar-refractivity contribution in [3.8, 4) is 22.4 Å². The van der Waals surface area contributed by atoms with E-state index in [4.69, 9.17) is 5.10 Å². The van der Waals surface area contributed by atoms with Gasteiger partial charge in [-0.25, -0.2) is 9.78 Å². The number of fused-ring (bicyclic) bond motifs is 1. The largest absolute Gasteiger partial charge is 0.416 e. The van der Waals surface area contributed by atoms with Crippen LogP contribution in [0, 0.1) is 0 Å². The van der Waals surface area contributed by atoms with E-state index in [0.29, 0.717) is 12.2 Å². The van der Waals surface area contributed by atoms with E-state index in [0.717, 1.165) is 45.6 Å². The minimum Gasteiger partial charge on any atom is -0.346 e. The summed E-state index contributed by atoms with van der Waals surface area (Å²) in [5.74, 6) is 0. The second-order valence-electron chi connectivity index (χ2n) is 8.08. The third kappa shape index (κ3) is 4.65. The highest BCUT2D eigenvalue weighted by Gasteiger charge is 2.30. The van der Waals surface area contributed by atoms with Crippen molar-refractivity contribution in [2.45, 2.75) is 19.6 Å². The van der Waals surface area contributed by atoms with E-state index in [9.17, 15) is 18.0 Å². The first-order chi connectivity index (χ1) is 17.3. The Hall–Kier alpha value is -4.60. The van der Waals surface area contributed by atoms with Gasteiger partial charge in [-0.3, -0.25) is 4.68 Å². The minimum absolute atomic E-state index is 0.0436. The predicted octanol–water partition coefficient (Wildman–Crippen LogP) is 6.78. The number of H-pyrrole nitrogens is 1. The monoisotopic (exact) mass is 490 g/mol. The van der Waals surface area contributed by atoms with Crippen molar-refractivity contribution in [1.82, 2.24) is 19.7 Å². The Morgan fingerprint density at radius 1 is 1.00 bits per heavy atom. The zero-order chi connectivity index (χ0) is 25.3. The van der Waals surface area contributed by atoms with Gasteiger partial charge >= 0.3 is 12.2 Å². The van der Waals surface area contributed by atoms with Crippen molar-refractivity contribution < 1.29 is 18.0 Å². The lowest BCUT2D eigenvalue weighted by atomic mass is 10.0. The average molecular weight is 490 g/mol. The number of alkyl halides is 3. The molecule has 0 spiro atoms. The molecule has 182 valence electrons. The maximum absolute atomic E-state index is 12.9. The number of aromatic nitrogens is 4. The summed E-state index contributed by atoms with van der Waals surface area (Å²) in [4.78, 5) is 19.8. The number of hydrogen-bond acceptors (Lipinski definition) is 3. The molecular weight excluding hydrogens is 469 g/mol. The first kappa shape index (κ1) is 23.2. The van der Waals surface area contributed by atoms with Crippen molar-refractivity contribution >= 4 is 28.4 Å². The highest BCUT2D eigenvalue weighted by Crippen LogP contribution is 2.35. The van der Waals surface area contributed by atoms with Gasteiger partial charge in [0.1, 0.15) is 11.3 Å². The number of anilines is 2. The fourth-order valence-electron chi connectivity index (χ4n) is 3.97. The first-order valence-electron chi connectivity index (χ1n) is 11.2. The Balaban J connectivity index is 1.37. The Bertz CT molecular complexity index is 1540. The van der Waals surface area contributed by atoms with Gasteiger partial charge in [0.2, 0.25) is 0 Å². The highest BCUT2D eigenvalue weighted by atomic mass is 19.4. The van der Waals surface area contributed by atoms with Gasteiger partial charge in [-0.15, -0.1) is 0 Å². The molecule has 3 aromatic heterocycles. The van der Waals surface area contributed by atoms with Gasteiger partial charge in [0, 0.05) is 53.0 Å². The number of halogens is 3. The van der Waals surface area contributed by atoms with Gasteiger partial charge in [-0.1, -0.05) is 18.2 Å². The average Bonchev–Trinajstić information content (AvgIpc) is 3.51. The molecule has 5 aromatic rings. The minimum atomic E-state index is -4.49. The number of amides is 2. The lowest BCUT2D eigenvalue weighted by Gasteiger charge is -2.11. The smallest absolute Gasteiger partial charge is 0.346 e. The number of carbonyl (C=O) groups excluding carboxylic acids is 1. The summed E-state index contributed by atoms with van der Waals surface area (Å²) in [6.45, 7) is 2.71. The van der Waals surface area contributed by atoms with E-state index in [1.54, 1.807) is 18.3 Å². The van der Waals surface area contributed by atoms with Crippen molar-refractivity contribution in [3.63, 3.8) is 0 Å². The molecule has 3 N–H and O–H groups in total. The van der Waals surface area contributed by atoms with E-state index in [1.165, 1.54) is 12.1 Å². The fraction of sp³-hybridized carbons (Fsp3) is 0.115. The number of rotatable bonds is 5. The molecule has 7 nitrogen and oxygen atoms in total. The number of nitrogens with zero attached hydrogens (tertiary/aromatic N) is 3. The molecule has 2 amide bonds. The summed E-state index contributed by atoms with van der Waals surface area (Å²) in [7, 11) is 0. The molecule has 0 radical (unpaired) electrons. The number of nitrogens with one attached hydrogen (secondary N) is 3. The van der Waals surface area contributed by atoms with Gasteiger partial charge in [0.25, 0.3) is 0 Å². The summed E-state index contributed by atoms with van der Waals surface area (Å²) in [5, 5.41) is 10.8. The van der Waals surface area contributed by atoms with Gasteiger partial charge in [-0.2, -0.15) is 18.3 Å². The SMILES string of the molecule is CCn1cc(-c2ccnc3[nH]ccc23)c(-c2ccc(NC(=O)Nc3cccc(C(F)(F)F)c3)cc2)n1. The standard InChI is InChI=1S/C26H21F3N6O/c1-2-35-15-22(20-10-12-30-24-21(20)11-13-31-24)23(34-35)16-6-8-18(9-7-16)32-25(36)33-19-5-3-4-17(14-19)26(27,28)29/h3-15H,2H2,1H3,(H,30,31)(H2,32,33,36). The number of carbonyl (C=O) groups is 1. The number of benzene rings is 2. The normalized spacial score (nSPS) is 11.6. The topological polar surface area (TPSA) is 87.6 Å². The van der Waals surface area contributed by atoms with Crippen molar-refractivity contribution in [1.29, 1.82) is 0 Å². The van der Waals surface area contributed by atoms with Crippen LogP contribution in [0.5, 0.6) is 0 Å². The number of aryl methyl sites for hydroxylation is 1. The van der Waals surface area contributed by atoms with Gasteiger partial charge in [0.15, 0.2) is 0 Å². The molecule has 0 fully saturated rings. The fourth-order valence-corrected chi connectivity index (χ4v) is 3.97. The van der Waals surface area contributed by atoms with Crippen LogP contribution >= 0.6 is 0 Å². The molecular formula is C26H21F3N6O. The van der Waals surface area contributed by atoms with E-state index in [-0.39, 0.29) is 5.69 Å². The lowest BCUT2D eigenvalue weighted by Crippen LogP contribution is -2.19. The van der Waals surface area contributed by atoms with Gasteiger partial charge in [0.05, 0.1) is 5.56 Å². The van der Waals surface area contributed by atoms with E-state index in [1.807, 2.05) is 48.3 Å². The maximum atomic E-state index is 12.9. The van der Waals surface area contributed by atoms with Crippen LogP contribution in [0.15, 0.2) is 79.3 Å². The number of urea groups is 1. The molecule has 36 heavy (non-hydrogen) atoms. The van der Waals surface area contributed by atoms with Gasteiger partial charge in [-0.05, 0) is 55.0 Å². The number of hydrogen-bond donors (Lipinski definition) is 3. The zero-order valence-electron chi connectivity index (χ0n) is 19.1. The summed E-state index contributed by atoms with van der Waals surface area (Å²) in [6.07, 6.45) is 1.09. The van der Waals surface area contributed by atoms with E-state index < -0.39 is 17.8 Å². The Kier molecular flexibility index (Phi) is 5.93. The Morgan fingerprint density at radius 2 is 1.78 bits per heavy atom. The van der Waals surface area contributed by atoms with Crippen molar-refractivity contribution in [3.05, 3.63) is 84.8 Å². The quantitative estimate of drug-likeness (QED) is 0.254. The molecule has 5 rings (SSSR count). The summed E-state index contributed by atoms with van der Waals surface area (Å²) < 4.78 is 40.6.